The fourth-order valence-electron chi connectivity index (χ4n) is 15.0. The molecule has 1 unspecified atom stereocenters. The Balaban J connectivity index is 1.12. The number of ether oxygens (including phenoxy) is 1. The van der Waals surface area contributed by atoms with Gasteiger partial charge < -0.3 is 20.3 Å². The summed E-state index contributed by atoms with van der Waals surface area (Å²) in [5, 5.41) is 7.16. The van der Waals surface area contributed by atoms with E-state index in [-0.39, 0.29) is 39.1 Å². The van der Waals surface area contributed by atoms with E-state index < -0.39 is 15.4 Å². The number of esters is 1. The van der Waals surface area contributed by atoms with Crippen molar-refractivity contribution in [3.8, 4) is 0 Å². The van der Waals surface area contributed by atoms with Crippen molar-refractivity contribution < 1.29 is 22.7 Å². The molecule has 6 aliphatic carbocycles. The van der Waals surface area contributed by atoms with E-state index in [9.17, 15) is 18.0 Å². The molecule has 9 heteroatoms. The predicted octanol–water partition coefficient (Wildman–Crippen LogP) is 7.41. The zero-order chi connectivity index (χ0) is 39.1. The summed E-state index contributed by atoms with van der Waals surface area (Å²) in [5.41, 5.74) is 4.09. The molecule has 0 spiro atoms. The molecule has 1 aliphatic heterocycles. The van der Waals surface area contributed by atoms with Crippen LogP contribution in [0.2, 0.25) is 0 Å². The number of amides is 1. The Labute approximate surface area is 327 Å². The molecular weight excluding hydrogens is 695 g/mol. The molecular formula is C45H71N3O5S. The van der Waals surface area contributed by atoms with Gasteiger partial charge in [0.2, 0.25) is 5.91 Å². The average molecular weight is 766 g/mol. The van der Waals surface area contributed by atoms with Crippen molar-refractivity contribution in [2.24, 2.45) is 51.2 Å². The molecule has 7 aliphatic rings. The van der Waals surface area contributed by atoms with Gasteiger partial charge in [-0.25, -0.2) is 13.2 Å². The molecule has 10 atom stereocenters. The van der Waals surface area contributed by atoms with E-state index in [0.717, 1.165) is 25.9 Å². The molecule has 8 nitrogen and oxygen atoms in total. The highest BCUT2D eigenvalue weighted by atomic mass is 32.2. The first-order valence-corrected chi connectivity index (χ1v) is 23.2. The molecule has 54 heavy (non-hydrogen) atoms. The van der Waals surface area contributed by atoms with Gasteiger partial charge in [0.05, 0.1) is 18.6 Å². The normalized spacial score (nSPS) is 44.0. The molecule has 0 aromatic carbocycles. The molecule has 1 heterocycles. The van der Waals surface area contributed by atoms with E-state index in [1.807, 2.05) is 0 Å². The minimum atomic E-state index is -2.87. The minimum Gasteiger partial charge on any atom is -0.467 e. The highest BCUT2D eigenvalue weighted by Gasteiger charge is 2.70. The van der Waals surface area contributed by atoms with Gasteiger partial charge in [0.25, 0.3) is 0 Å². The van der Waals surface area contributed by atoms with Gasteiger partial charge in [-0.05, 0) is 146 Å². The van der Waals surface area contributed by atoms with Crippen LogP contribution in [0.3, 0.4) is 0 Å². The standard InChI is InChI=1S/C45H71N3O5S/c1-30(2)33-14-21-44(46-24-25-48-26-28-54(51,52)29-27-48)23-22-42(7)35(38(33)44)10-11-37-41(6)17-15-34(40(4,5)36(41)16-18-43(37,42)8)32-12-19-45(20-13-32,39(50)53-9)47-31(3)49/h12,15,33,35-38,46H,1,10-11,13-14,16-29H2,2-9H3,(H,47,49)/t33-,35+,36-,37+,38+,41-,42+,43+,44-,45?/m0/s1. The van der Waals surface area contributed by atoms with Crippen LogP contribution in [0.4, 0.5) is 0 Å². The number of hydrogen-bond acceptors (Lipinski definition) is 7. The van der Waals surface area contributed by atoms with Crippen molar-refractivity contribution in [3.05, 3.63) is 35.5 Å². The third-order valence-electron chi connectivity index (χ3n) is 17.8. The number of hydrogen-bond donors (Lipinski definition) is 2. The molecule has 5 fully saturated rings. The van der Waals surface area contributed by atoms with Gasteiger partial charge in [0, 0.05) is 38.6 Å². The number of nitrogens with zero attached hydrogens (tertiary/aromatic N) is 1. The summed E-state index contributed by atoms with van der Waals surface area (Å²) in [6.07, 6.45) is 17.8. The van der Waals surface area contributed by atoms with Crippen molar-refractivity contribution >= 4 is 21.7 Å². The number of nitrogens with one attached hydrogen (secondary N) is 2. The maximum atomic E-state index is 12.9. The Morgan fingerprint density at radius 1 is 0.889 bits per heavy atom. The second-order valence-electron chi connectivity index (χ2n) is 20.5. The molecule has 0 aromatic rings. The lowest BCUT2D eigenvalue weighted by molar-refractivity contribution is -0.221. The Morgan fingerprint density at radius 3 is 2.24 bits per heavy atom. The van der Waals surface area contributed by atoms with Gasteiger partial charge in [-0.1, -0.05) is 58.9 Å². The third-order valence-corrected chi connectivity index (χ3v) is 19.5. The van der Waals surface area contributed by atoms with Gasteiger partial charge >= 0.3 is 5.97 Å². The van der Waals surface area contributed by atoms with Crippen LogP contribution in [0, 0.1) is 51.2 Å². The van der Waals surface area contributed by atoms with Crippen LogP contribution in [0.25, 0.3) is 0 Å². The van der Waals surface area contributed by atoms with Crippen LogP contribution in [0.15, 0.2) is 35.5 Å². The van der Waals surface area contributed by atoms with E-state index in [1.54, 1.807) is 0 Å². The highest BCUT2D eigenvalue weighted by molar-refractivity contribution is 7.91. The highest BCUT2D eigenvalue weighted by Crippen LogP contribution is 2.76. The van der Waals surface area contributed by atoms with E-state index >= 15 is 0 Å². The zero-order valence-corrected chi connectivity index (χ0v) is 35.7. The topological polar surface area (TPSA) is 105 Å². The fourth-order valence-corrected chi connectivity index (χ4v) is 16.3. The number of carbonyl (C=O) groups excluding carboxylic acids is 2. The average Bonchev–Trinajstić information content (AvgIpc) is 3.49. The molecule has 0 bridgehead atoms. The largest absolute Gasteiger partial charge is 0.467 e. The zero-order valence-electron chi connectivity index (χ0n) is 34.9. The second-order valence-corrected chi connectivity index (χ2v) is 22.8. The summed E-state index contributed by atoms with van der Waals surface area (Å²) >= 11 is 0. The Kier molecular flexibility index (Phi) is 10.3. The SMILES string of the molecule is C=C(C)[C@@H]1CC[C@]2(NCCN3CCS(=O)(=O)CC3)CC[C@]3(C)[C@H](CC[C@@H]4[C@@]5(C)CC=C(C6=CCC(NC(C)=O)(C(=O)OC)CC6)C(C)(C)[C@@H]5CC[C@]43C)[C@@H]12. The van der Waals surface area contributed by atoms with E-state index in [4.69, 9.17) is 4.74 Å². The van der Waals surface area contributed by atoms with Gasteiger partial charge in [-0.2, -0.15) is 0 Å². The minimum absolute atomic E-state index is 0.0118. The predicted molar refractivity (Wildman–Crippen MR) is 216 cm³/mol. The van der Waals surface area contributed by atoms with Crippen molar-refractivity contribution in [1.82, 2.24) is 15.5 Å². The summed E-state index contributed by atoms with van der Waals surface area (Å²) in [6.45, 7) is 24.6. The van der Waals surface area contributed by atoms with Gasteiger partial charge in [0.1, 0.15) is 5.54 Å². The van der Waals surface area contributed by atoms with Crippen molar-refractivity contribution in [3.63, 3.8) is 0 Å². The van der Waals surface area contributed by atoms with Gasteiger partial charge in [-0.15, -0.1) is 0 Å². The third kappa shape index (κ3) is 6.22. The van der Waals surface area contributed by atoms with E-state index in [1.165, 1.54) is 82.1 Å². The Hall–Kier alpha value is -1.97. The van der Waals surface area contributed by atoms with Crippen LogP contribution >= 0.6 is 0 Å². The molecule has 2 N–H and O–H groups in total. The lowest BCUT2D eigenvalue weighted by atomic mass is 9.33. The second kappa shape index (κ2) is 13.9. The van der Waals surface area contributed by atoms with E-state index in [0.29, 0.717) is 67.0 Å². The number of carbonyl (C=O) groups is 2. The van der Waals surface area contributed by atoms with Crippen molar-refractivity contribution in [1.29, 1.82) is 0 Å². The number of fused-ring (bicyclic) bond motifs is 7. The molecule has 7 rings (SSSR count). The smallest absolute Gasteiger partial charge is 0.331 e. The Morgan fingerprint density at radius 2 is 1.61 bits per heavy atom. The first-order chi connectivity index (χ1) is 25.3. The Bertz CT molecular complexity index is 1700. The van der Waals surface area contributed by atoms with Gasteiger partial charge in [0.15, 0.2) is 9.84 Å². The molecule has 1 amide bonds. The van der Waals surface area contributed by atoms with Crippen molar-refractivity contribution in [2.75, 3.05) is 44.8 Å². The lowest BCUT2D eigenvalue weighted by Crippen LogP contribution is -2.68. The maximum Gasteiger partial charge on any atom is 0.331 e. The first-order valence-electron chi connectivity index (χ1n) is 21.4. The quantitative estimate of drug-likeness (QED) is 0.196. The number of sulfone groups is 1. The van der Waals surface area contributed by atoms with Crippen molar-refractivity contribution in [2.45, 2.75) is 137 Å². The van der Waals surface area contributed by atoms with E-state index in [2.05, 4.69) is 75.8 Å². The van der Waals surface area contributed by atoms with Crippen LogP contribution in [0.1, 0.15) is 126 Å². The van der Waals surface area contributed by atoms with Gasteiger partial charge in [-0.3, -0.25) is 4.79 Å². The molecule has 4 saturated carbocycles. The number of rotatable bonds is 8. The lowest BCUT2D eigenvalue weighted by Gasteiger charge is -2.72. The van der Waals surface area contributed by atoms with Crippen LogP contribution in [-0.2, 0) is 24.2 Å². The van der Waals surface area contributed by atoms with Crippen LogP contribution in [0.5, 0.6) is 0 Å². The summed E-state index contributed by atoms with van der Waals surface area (Å²) < 4.78 is 29.3. The summed E-state index contributed by atoms with van der Waals surface area (Å²) in [6, 6.07) is 0. The molecule has 302 valence electrons. The number of methoxy groups -OCH3 is 1. The monoisotopic (exact) mass is 766 g/mol. The summed E-state index contributed by atoms with van der Waals surface area (Å²) in [5.74, 6) is 3.10. The molecule has 0 radical (unpaired) electrons. The first kappa shape index (κ1) is 40.2. The summed E-state index contributed by atoms with van der Waals surface area (Å²) in [7, 11) is -1.46. The molecule has 0 aromatic heterocycles. The summed E-state index contributed by atoms with van der Waals surface area (Å²) in [4.78, 5) is 27.4. The molecule has 1 saturated heterocycles. The maximum absolute atomic E-state index is 12.9. The fraction of sp³-hybridized carbons (Fsp3) is 0.822. The number of allylic oxidation sites excluding steroid dienone is 4. The van der Waals surface area contributed by atoms with Crippen LogP contribution in [-0.4, -0.2) is 81.1 Å². The van der Waals surface area contributed by atoms with Crippen LogP contribution < -0.4 is 10.6 Å².